The van der Waals surface area contributed by atoms with Gasteiger partial charge in [-0.25, -0.2) is 0 Å². The first-order chi connectivity index (χ1) is 11.1. The van der Waals surface area contributed by atoms with Gasteiger partial charge in [-0.1, -0.05) is 13.8 Å². The zero-order valence-corrected chi connectivity index (χ0v) is 14.5. The molecule has 0 aliphatic carbocycles. The molecule has 0 saturated carbocycles. The smallest absolute Gasteiger partial charge is 0.186 e. The van der Waals surface area contributed by atoms with Crippen molar-refractivity contribution in [2.75, 3.05) is 11.4 Å². The fourth-order valence-electron chi connectivity index (χ4n) is 3.52. The van der Waals surface area contributed by atoms with Crippen LogP contribution >= 0.6 is 11.3 Å². The summed E-state index contributed by atoms with van der Waals surface area (Å²) in [7, 11) is 0. The molecule has 1 aliphatic heterocycles. The lowest BCUT2D eigenvalue weighted by molar-refractivity contribution is 0.295. The number of piperidine rings is 1. The summed E-state index contributed by atoms with van der Waals surface area (Å²) in [6.07, 6.45) is 1.28. The van der Waals surface area contributed by atoms with Crippen molar-refractivity contribution in [2.24, 2.45) is 11.8 Å². The maximum atomic E-state index is 4.86. The van der Waals surface area contributed by atoms with Crippen molar-refractivity contribution >= 4 is 22.8 Å². The Morgan fingerprint density at radius 2 is 2.00 bits per heavy atom. The van der Waals surface area contributed by atoms with Crippen molar-refractivity contribution in [1.82, 2.24) is 19.8 Å². The van der Waals surface area contributed by atoms with Gasteiger partial charge in [-0.3, -0.25) is 0 Å². The molecule has 0 N–H and O–H groups in total. The predicted octanol–water partition coefficient (Wildman–Crippen LogP) is 3.72. The van der Waals surface area contributed by atoms with E-state index in [-0.39, 0.29) is 0 Å². The van der Waals surface area contributed by atoms with Crippen molar-refractivity contribution in [2.45, 2.75) is 33.2 Å². The first kappa shape index (κ1) is 14.6. The molecule has 1 aliphatic rings. The van der Waals surface area contributed by atoms with Crippen molar-refractivity contribution in [3.8, 4) is 11.4 Å². The van der Waals surface area contributed by atoms with Crippen LogP contribution in [0.3, 0.4) is 0 Å². The minimum Gasteiger partial charge on any atom is -0.352 e. The molecule has 0 spiro atoms. The molecule has 23 heavy (non-hydrogen) atoms. The van der Waals surface area contributed by atoms with Gasteiger partial charge in [-0.15, -0.1) is 15.3 Å². The van der Waals surface area contributed by atoms with Gasteiger partial charge in [0.1, 0.15) is 5.82 Å². The van der Waals surface area contributed by atoms with Gasteiger partial charge in [-0.2, -0.15) is 15.9 Å². The van der Waals surface area contributed by atoms with Crippen LogP contribution in [0.1, 0.15) is 27.2 Å². The number of rotatable bonds is 2. The second-order valence-corrected chi connectivity index (χ2v) is 7.49. The van der Waals surface area contributed by atoms with Gasteiger partial charge < -0.3 is 4.90 Å². The van der Waals surface area contributed by atoms with Crippen LogP contribution in [0.4, 0.5) is 5.82 Å². The monoisotopic (exact) mass is 327 g/mol. The molecule has 3 atom stereocenters. The minimum atomic E-state index is 0.497. The summed E-state index contributed by atoms with van der Waals surface area (Å²) in [6.45, 7) is 8.01. The fourth-order valence-corrected chi connectivity index (χ4v) is 4.16. The van der Waals surface area contributed by atoms with Gasteiger partial charge in [0.05, 0.1) is 0 Å². The molecule has 1 saturated heterocycles. The van der Waals surface area contributed by atoms with E-state index < -0.39 is 0 Å². The molecule has 0 aromatic carbocycles. The number of thiophene rings is 1. The first-order valence-corrected chi connectivity index (χ1v) is 9.09. The van der Waals surface area contributed by atoms with E-state index in [0.717, 1.165) is 29.4 Å². The average Bonchev–Trinajstić information content (AvgIpc) is 3.18. The number of anilines is 1. The largest absolute Gasteiger partial charge is 0.352 e. The summed E-state index contributed by atoms with van der Waals surface area (Å²) >= 11 is 1.66. The van der Waals surface area contributed by atoms with Crippen molar-refractivity contribution < 1.29 is 0 Å². The number of hydrogen-bond donors (Lipinski definition) is 0. The van der Waals surface area contributed by atoms with Crippen molar-refractivity contribution in [3.63, 3.8) is 0 Å². The minimum absolute atomic E-state index is 0.497. The third kappa shape index (κ3) is 2.51. The van der Waals surface area contributed by atoms with Gasteiger partial charge >= 0.3 is 0 Å². The van der Waals surface area contributed by atoms with Crippen molar-refractivity contribution in [3.05, 3.63) is 29.0 Å². The molecule has 4 heterocycles. The highest BCUT2D eigenvalue weighted by Crippen LogP contribution is 2.30. The summed E-state index contributed by atoms with van der Waals surface area (Å²) in [5, 5.41) is 17.5. The second-order valence-electron chi connectivity index (χ2n) is 6.71. The SMILES string of the molecule is CC1CC(C)C(C)N(c2ccc3nnc(-c4ccsc4)n3n2)C1. The quantitative estimate of drug-likeness (QED) is 0.719. The lowest BCUT2D eigenvalue weighted by Gasteiger charge is -2.41. The molecular weight excluding hydrogens is 306 g/mol. The van der Waals surface area contributed by atoms with E-state index in [1.807, 2.05) is 10.6 Å². The topological polar surface area (TPSA) is 46.3 Å². The lowest BCUT2D eigenvalue weighted by atomic mass is 9.86. The van der Waals surface area contributed by atoms with Gasteiger partial charge in [-0.05, 0) is 48.8 Å². The van der Waals surface area contributed by atoms with Crippen LogP contribution in [-0.2, 0) is 0 Å². The van der Waals surface area contributed by atoms with Crippen LogP contribution in [0.15, 0.2) is 29.0 Å². The van der Waals surface area contributed by atoms with Gasteiger partial charge in [0.2, 0.25) is 0 Å². The summed E-state index contributed by atoms with van der Waals surface area (Å²) < 4.78 is 1.87. The summed E-state index contributed by atoms with van der Waals surface area (Å²) in [6, 6.07) is 6.64. The van der Waals surface area contributed by atoms with E-state index in [2.05, 4.69) is 58.8 Å². The van der Waals surface area contributed by atoms with Gasteiger partial charge in [0.25, 0.3) is 0 Å². The van der Waals surface area contributed by atoms with E-state index in [1.54, 1.807) is 11.3 Å². The highest BCUT2D eigenvalue weighted by molar-refractivity contribution is 7.08. The van der Waals surface area contributed by atoms with E-state index in [9.17, 15) is 0 Å². The van der Waals surface area contributed by atoms with Gasteiger partial charge in [0.15, 0.2) is 11.5 Å². The van der Waals surface area contributed by atoms with Crippen LogP contribution in [0.2, 0.25) is 0 Å². The molecule has 6 heteroatoms. The fraction of sp³-hybridized carbons (Fsp3) is 0.471. The first-order valence-electron chi connectivity index (χ1n) is 8.15. The molecule has 4 rings (SSSR count). The summed E-state index contributed by atoms with van der Waals surface area (Å²) in [5.41, 5.74) is 1.86. The second kappa shape index (κ2) is 5.60. The molecule has 0 bridgehead atoms. The predicted molar refractivity (Wildman–Crippen MR) is 93.8 cm³/mol. The number of aromatic nitrogens is 4. The number of nitrogens with zero attached hydrogens (tertiary/aromatic N) is 5. The molecule has 0 radical (unpaired) electrons. The average molecular weight is 327 g/mol. The standard InChI is InChI=1S/C17H21N5S/c1-11-8-12(2)13(3)21(9-11)16-5-4-15-18-19-17(22(15)20-16)14-6-7-23-10-14/h4-7,10-13H,8-9H2,1-3H3. The number of fused-ring (bicyclic) bond motifs is 1. The highest BCUT2D eigenvalue weighted by atomic mass is 32.1. The normalized spacial score (nSPS) is 25.2. The van der Waals surface area contributed by atoms with E-state index in [4.69, 9.17) is 5.10 Å². The van der Waals surface area contributed by atoms with E-state index >= 15 is 0 Å². The third-order valence-corrected chi connectivity index (χ3v) is 5.60. The third-order valence-electron chi connectivity index (χ3n) is 4.92. The van der Waals surface area contributed by atoms with Crippen molar-refractivity contribution in [1.29, 1.82) is 0 Å². The van der Waals surface area contributed by atoms with Crippen LogP contribution in [-0.4, -0.2) is 32.4 Å². The lowest BCUT2D eigenvalue weighted by Crippen LogP contribution is -2.46. The Bertz CT molecular complexity index is 810. The summed E-state index contributed by atoms with van der Waals surface area (Å²) in [4.78, 5) is 2.43. The Morgan fingerprint density at radius 1 is 1.13 bits per heavy atom. The Hall–Kier alpha value is -1.95. The molecule has 1 fully saturated rings. The molecular formula is C17H21N5S. The van der Waals surface area contributed by atoms with Crippen LogP contribution < -0.4 is 4.90 Å². The Labute approximate surface area is 140 Å². The van der Waals surface area contributed by atoms with Gasteiger partial charge in [0, 0.05) is 23.5 Å². The summed E-state index contributed by atoms with van der Waals surface area (Å²) in [5.74, 6) is 3.19. The van der Waals surface area contributed by atoms with E-state index in [1.165, 1.54) is 6.42 Å². The molecule has 3 unspecified atom stereocenters. The number of hydrogen-bond acceptors (Lipinski definition) is 5. The van der Waals surface area contributed by atoms with Crippen LogP contribution in [0.5, 0.6) is 0 Å². The maximum absolute atomic E-state index is 4.86. The van der Waals surface area contributed by atoms with E-state index in [0.29, 0.717) is 17.9 Å². The Balaban J connectivity index is 1.78. The molecule has 3 aromatic heterocycles. The zero-order valence-electron chi connectivity index (χ0n) is 13.7. The highest BCUT2D eigenvalue weighted by Gasteiger charge is 2.30. The molecule has 120 valence electrons. The zero-order chi connectivity index (χ0) is 16.0. The maximum Gasteiger partial charge on any atom is 0.186 e. The van der Waals surface area contributed by atoms with Crippen LogP contribution in [0, 0.1) is 11.8 Å². The molecule has 5 nitrogen and oxygen atoms in total. The molecule has 0 amide bonds. The molecule has 3 aromatic rings. The Morgan fingerprint density at radius 3 is 2.78 bits per heavy atom. The Kier molecular flexibility index (Phi) is 3.56. The van der Waals surface area contributed by atoms with Crippen LogP contribution in [0.25, 0.3) is 17.0 Å².